The van der Waals surface area contributed by atoms with Gasteiger partial charge in [0.25, 0.3) is 0 Å². The van der Waals surface area contributed by atoms with Crippen molar-refractivity contribution in [2.75, 3.05) is 11.1 Å². The van der Waals surface area contributed by atoms with Crippen molar-refractivity contribution in [1.82, 2.24) is 9.78 Å². The summed E-state index contributed by atoms with van der Waals surface area (Å²) in [5.74, 6) is -0.697. The zero-order chi connectivity index (χ0) is 19.1. The molecule has 0 saturated heterocycles. The minimum atomic E-state index is -0.560. The Kier molecular flexibility index (Phi) is 4.65. The fourth-order valence-corrected chi connectivity index (χ4v) is 4.44. The normalized spacial score (nSPS) is 16.6. The van der Waals surface area contributed by atoms with Crippen LogP contribution in [0, 0.1) is 18.6 Å². The molecular weight excluding hydrogens is 392 g/mol. The van der Waals surface area contributed by atoms with Gasteiger partial charge < -0.3 is 5.32 Å². The number of thioether (sulfide) groups is 1. The van der Waals surface area contributed by atoms with Crippen LogP contribution in [0.1, 0.15) is 22.1 Å². The minimum absolute atomic E-state index is 0.120. The fourth-order valence-electron chi connectivity index (χ4n) is 3.11. The van der Waals surface area contributed by atoms with Crippen LogP contribution in [0.3, 0.4) is 0 Å². The predicted octanol–water partition coefficient (Wildman–Crippen LogP) is 4.89. The molecule has 0 spiro atoms. The molecule has 1 aliphatic heterocycles. The average molecular weight is 406 g/mol. The van der Waals surface area contributed by atoms with Crippen LogP contribution in [0.25, 0.3) is 5.69 Å². The van der Waals surface area contributed by atoms with Gasteiger partial charge in [0, 0.05) is 16.1 Å². The average Bonchev–Trinajstić information content (AvgIpc) is 2.84. The number of carbonyl (C=O) groups excluding carboxylic acids is 1. The number of nitrogens with one attached hydrogen (secondary N) is 1. The number of carbonyl (C=O) groups is 1. The van der Waals surface area contributed by atoms with E-state index in [0.29, 0.717) is 27.8 Å². The number of halogens is 3. The van der Waals surface area contributed by atoms with Crippen molar-refractivity contribution in [1.29, 1.82) is 0 Å². The molecule has 1 unspecified atom stereocenters. The van der Waals surface area contributed by atoms with Crippen LogP contribution in [0.15, 0.2) is 42.5 Å². The van der Waals surface area contributed by atoms with E-state index >= 15 is 0 Å². The number of hydrogen-bond acceptors (Lipinski definition) is 3. The molecule has 1 aliphatic rings. The smallest absolute Gasteiger partial charge is 0.235 e. The van der Waals surface area contributed by atoms with Gasteiger partial charge in [-0.2, -0.15) is 5.10 Å². The summed E-state index contributed by atoms with van der Waals surface area (Å²) in [4.78, 5) is 12.3. The standard InChI is InChI=1S/C19H14ClF2N3OS/c1-10-17-18(14-8-12(21)4-7-15(14)22)27-9-16(26)23-19(17)25(24-10)13-5-2-11(20)3-6-13/h2-8,18H,9H2,1H3,(H,23,26). The molecule has 1 atom stereocenters. The molecule has 2 aromatic carbocycles. The van der Waals surface area contributed by atoms with E-state index in [-0.39, 0.29) is 17.2 Å². The van der Waals surface area contributed by atoms with Gasteiger partial charge in [-0.15, -0.1) is 11.8 Å². The molecule has 4 rings (SSSR count). The SMILES string of the molecule is Cc1nn(-c2ccc(Cl)cc2)c2c1C(c1cc(F)ccc1F)SCC(=O)N2. The van der Waals surface area contributed by atoms with E-state index in [1.165, 1.54) is 17.8 Å². The molecule has 0 aliphatic carbocycles. The molecule has 27 heavy (non-hydrogen) atoms. The van der Waals surface area contributed by atoms with Crippen molar-refractivity contribution in [2.45, 2.75) is 12.2 Å². The summed E-state index contributed by atoms with van der Waals surface area (Å²) in [7, 11) is 0. The van der Waals surface area contributed by atoms with E-state index in [2.05, 4.69) is 10.4 Å². The topological polar surface area (TPSA) is 46.9 Å². The highest BCUT2D eigenvalue weighted by atomic mass is 35.5. The van der Waals surface area contributed by atoms with Crippen LogP contribution in [-0.2, 0) is 4.79 Å². The van der Waals surface area contributed by atoms with Crippen molar-refractivity contribution >= 4 is 35.1 Å². The number of rotatable bonds is 2. The number of aromatic nitrogens is 2. The monoisotopic (exact) mass is 405 g/mol. The van der Waals surface area contributed by atoms with Crippen LogP contribution in [0.2, 0.25) is 5.02 Å². The highest BCUT2D eigenvalue weighted by Gasteiger charge is 2.32. The van der Waals surface area contributed by atoms with Crippen molar-refractivity contribution in [3.8, 4) is 5.69 Å². The third-order valence-corrected chi connectivity index (χ3v) is 5.82. The van der Waals surface area contributed by atoms with Crippen LogP contribution < -0.4 is 5.32 Å². The van der Waals surface area contributed by atoms with Gasteiger partial charge in [0.1, 0.15) is 17.5 Å². The van der Waals surface area contributed by atoms with E-state index in [0.717, 1.165) is 12.1 Å². The zero-order valence-electron chi connectivity index (χ0n) is 14.2. The Balaban J connectivity index is 1.91. The van der Waals surface area contributed by atoms with Gasteiger partial charge >= 0.3 is 0 Å². The Labute approximate surface area is 163 Å². The second kappa shape index (κ2) is 6.98. The largest absolute Gasteiger partial charge is 0.310 e. The van der Waals surface area contributed by atoms with Gasteiger partial charge in [0.15, 0.2) is 0 Å². The molecule has 138 valence electrons. The molecule has 3 aromatic rings. The summed E-state index contributed by atoms with van der Waals surface area (Å²) >= 11 is 7.20. The van der Waals surface area contributed by atoms with E-state index < -0.39 is 16.9 Å². The fraction of sp³-hybridized carbons (Fsp3) is 0.158. The number of aryl methyl sites for hydroxylation is 1. The minimum Gasteiger partial charge on any atom is -0.310 e. The summed E-state index contributed by atoms with van der Waals surface area (Å²) in [6.07, 6.45) is 0. The molecule has 0 fully saturated rings. The summed E-state index contributed by atoms with van der Waals surface area (Å²) in [6, 6.07) is 10.3. The first-order valence-corrected chi connectivity index (χ1v) is 9.58. The maximum absolute atomic E-state index is 14.5. The quantitative estimate of drug-likeness (QED) is 0.660. The molecule has 1 amide bonds. The third kappa shape index (κ3) is 3.33. The molecule has 0 radical (unpaired) electrons. The lowest BCUT2D eigenvalue weighted by atomic mass is 10.0. The van der Waals surface area contributed by atoms with Gasteiger partial charge in [0.2, 0.25) is 5.91 Å². The molecule has 1 aromatic heterocycles. The second-order valence-corrected chi connectivity index (χ2v) is 7.67. The maximum atomic E-state index is 14.5. The number of nitrogens with zero attached hydrogens (tertiary/aromatic N) is 2. The van der Waals surface area contributed by atoms with Crippen LogP contribution in [0.5, 0.6) is 0 Å². The number of benzene rings is 2. The first-order chi connectivity index (χ1) is 12.9. The molecule has 4 nitrogen and oxygen atoms in total. The molecule has 2 heterocycles. The van der Waals surface area contributed by atoms with Crippen LogP contribution in [-0.4, -0.2) is 21.4 Å². The highest BCUT2D eigenvalue weighted by molar-refractivity contribution is 8.00. The Morgan fingerprint density at radius 2 is 1.96 bits per heavy atom. The molecule has 0 saturated carbocycles. The lowest BCUT2D eigenvalue weighted by molar-refractivity contribution is -0.113. The van der Waals surface area contributed by atoms with E-state index in [9.17, 15) is 13.6 Å². The summed E-state index contributed by atoms with van der Waals surface area (Å²) < 4.78 is 29.8. The highest BCUT2D eigenvalue weighted by Crippen LogP contribution is 2.44. The summed E-state index contributed by atoms with van der Waals surface area (Å²) in [6.45, 7) is 1.79. The van der Waals surface area contributed by atoms with E-state index in [4.69, 9.17) is 11.6 Å². The molecule has 8 heteroatoms. The van der Waals surface area contributed by atoms with Gasteiger partial charge in [-0.25, -0.2) is 13.5 Å². The molecular formula is C19H14ClF2N3OS. The van der Waals surface area contributed by atoms with Gasteiger partial charge in [-0.05, 0) is 49.4 Å². The molecule has 1 N–H and O–H groups in total. The third-order valence-electron chi connectivity index (χ3n) is 4.32. The molecule has 0 bridgehead atoms. The van der Waals surface area contributed by atoms with E-state index in [1.54, 1.807) is 35.9 Å². The van der Waals surface area contributed by atoms with Crippen molar-refractivity contribution in [3.05, 3.63) is 75.9 Å². The maximum Gasteiger partial charge on any atom is 0.235 e. The Hall–Kier alpha value is -2.38. The number of hydrogen-bond donors (Lipinski definition) is 1. The van der Waals surface area contributed by atoms with Gasteiger partial charge in [-0.3, -0.25) is 4.79 Å². The predicted molar refractivity (Wildman–Crippen MR) is 103 cm³/mol. The second-order valence-electron chi connectivity index (χ2n) is 6.14. The number of fused-ring (bicyclic) bond motifs is 1. The lowest BCUT2D eigenvalue weighted by Gasteiger charge is -2.16. The Morgan fingerprint density at radius 3 is 2.70 bits per heavy atom. The van der Waals surface area contributed by atoms with Crippen molar-refractivity contribution < 1.29 is 13.6 Å². The summed E-state index contributed by atoms with van der Waals surface area (Å²) in [5.41, 5.74) is 2.18. The van der Waals surface area contributed by atoms with Gasteiger partial charge in [-0.1, -0.05) is 11.6 Å². The number of anilines is 1. The summed E-state index contributed by atoms with van der Waals surface area (Å²) in [5, 5.41) is 7.39. The first-order valence-electron chi connectivity index (χ1n) is 8.16. The number of amides is 1. The van der Waals surface area contributed by atoms with Crippen LogP contribution in [0.4, 0.5) is 14.6 Å². The first kappa shape index (κ1) is 18.0. The zero-order valence-corrected chi connectivity index (χ0v) is 15.7. The van der Waals surface area contributed by atoms with Crippen molar-refractivity contribution in [2.24, 2.45) is 0 Å². The van der Waals surface area contributed by atoms with Gasteiger partial charge in [0.05, 0.1) is 22.4 Å². The van der Waals surface area contributed by atoms with Crippen molar-refractivity contribution in [3.63, 3.8) is 0 Å². The Morgan fingerprint density at radius 1 is 1.22 bits per heavy atom. The Bertz CT molecular complexity index is 1040. The van der Waals surface area contributed by atoms with Crippen LogP contribution >= 0.6 is 23.4 Å². The van der Waals surface area contributed by atoms with E-state index in [1.807, 2.05) is 0 Å². The lowest BCUT2D eigenvalue weighted by Crippen LogP contribution is -2.15.